The Morgan fingerprint density at radius 2 is 1.66 bits per heavy atom. The monoisotopic (exact) mass is 494 g/mol. The van der Waals surface area contributed by atoms with E-state index in [1.807, 2.05) is 59.8 Å². The standard InChI is InChI=1S/C35H30N2O/c38-35(34-14-6-12-29-11-4-5-13-33(29)34)37-21-19-26(15-16-27-8-7-20-36-24-27)22-30-17-18-31(23-32(30)25-37)28-9-2-1-3-10-28/h1-15,17-18,20,23-24H,16,19,21-22,25H2/b26-15+. The van der Waals surface area contributed by atoms with Crippen LogP contribution in [0.25, 0.3) is 21.9 Å². The first-order chi connectivity index (χ1) is 18.7. The van der Waals surface area contributed by atoms with Gasteiger partial charge in [0.15, 0.2) is 0 Å². The highest BCUT2D eigenvalue weighted by atomic mass is 16.2. The molecule has 4 aromatic carbocycles. The van der Waals surface area contributed by atoms with Crippen molar-refractivity contribution in [3.63, 3.8) is 0 Å². The Morgan fingerprint density at radius 3 is 2.53 bits per heavy atom. The normalized spacial score (nSPS) is 14.6. The number of carbonyl (C=O) groups is 1. The van der Waals surface area contributed by atoms with E-state index in [2.05, 4.69) is 71.7 Å². The number of hydrogen-bond donors (Lipinski definition) is 0. The van der Waals surface area contributed by atoms with Crippen molar-refractivity contribution in [3.05, 3.63) is 149 Å². The molecule has 3 heteroatoms. The molecule has 0 atom stereocenters. The van der Waals surface area contributed by atoms with Gasteiger partial charge >= 0.3 is 0 Å². The van der Waals surface area contributed by atoms with E-state index < -0.39 is 0 Å². The number of amides is 1. The average molecular weight is 495 g/mol. The SMILES string of the molecule is O=C(c1cccc2ccccc12)N1CC/C(=C\Cc2cccnc2)Cc2ccc(-c3ccccc3)cc2C1. The summed E-state index contributed by atoms with van der Waals surface area (Å²) >= 11 is 0. The molecule has 5 aromatic rings. The van der Waals surface area contributed by atoms with E-state index >= 15 is 0 Å². The van der Waals surface area contributed by atoms with Crippen LogP contribution < -0.4 is 0 Å². The van der Waals surface area contributed by atoms with E-state index in [9.17, 15) is 4.79 Å². The van der Waals surface area contributed by atoms with Gasteiger partial charge in [0.2, 0.25) is 0 Å². The van der Waals surface area contributed by atoms with Crippen LogP contribution in [0.5, 0.6) is 0 Å². The third kappa shape index (κ3) is 5.14. The van der Waals surface area contributed by atoms with Gasteiger partial charge in [-0.2, -0.15) is 0 Å². The molecule has 0 saturated heterocycles. The van der Waals surface area contributed by atoms with Gasteiger partial charge in [0.25, 0.3) is 5.91 Å². The number of rotatable bonds is 4. The van der Waals surface area contributed by atoms with Gasteiger partial charge in [-0.1, -0.05) is 96.6 Å². The molecule has 186 valence electrons. The van der Waals surface area contributed by atoms with Crippen molar-refractivity contribution in [3.8, 4) is 11.1 Å². The van der Waals surface area contributed by atoms with Crippen LogP contribution in [0.4, 0.5) is 0 Å². The molecule has 0 aliphatic carbocycles. The summed E-state index contributed by atoms with van der Waals surface area (Å²) in [5, 5.41) is 2.10. The maximum atomic E-state index is 14.0. The number of hydrogen-bond acceptors (Lipinski definition) is 2. The molecule has 0 unspecified atom stereocenters. The molecule has 2 heterocycles. The molecular formula is C35H30N2O. The van der Waals surface area contributed by atoms with E-state index in [-0.39, 0.29) is 5.91 Å². The Kier molecular flexibility index (Phi) is 6.82. The van der Waals surface area contributed by atoms with Crippen molar-refractivity contribution >= 4 is 16.7 Å². The van der Waals surface area contributed by atoms with E-state index in [0.717, 1.165) is 35.6 Å². The summed E-state index contributed by atoms with van der Waals surface area (Å²) in [4.78, 5) is 20.3. The predicted molar refractivity (Wildman–Crippen MR) is 155 cm³/mol. The fraction of sp³-hybridized carbons (Fsp3) is 0.143. The van der Waals surface area contributed by atoms with E-state index in [0.29, 0.717) is 13.1 Å². The molecule has 6 rings (SSSR count). The molecule has 0 saturated carbocycles. The third-order valence-electron chi connectivity index (χ3n) is 7.45. The lowest BCUT2D eigenvalue weighted by atomic mass is 9.91. The zero-order valence-corrected chi connectivity index (χ0v) is 21.4. The van der Waals surface area contributed by atoms with Gasteiger partial charge in [0.05, 0.1) is 0 Å². The molecule has 1 aliphatic heterocycles. The van der Waals surface area contributed by atoms with Crippen LogP contribution in [-0.2, 0) is 19.4 Å². The lowest BCUT2D eigenvalue weighted by Gasteiger charge is -2.28. The Bertz CT molecular complexity index is 1600. The van der Waals surface area contributed by atoms with E-state index in [1.165, 1.54) is 33.4 Å². The van der Waals surface area contributed by atoms with E-state index in [4.69, 9.17) is 0 Å². The molecule has 3 nitrogen and oxygen atoms in total. The van der Waals surface area contributed by atoms with Gasteiger partial charge in [-0.25, -0.2) is 0 Å². The molecule has 38 heavy (non-hydrogen) atoms. The molecule has 1 aliphatic rings. The highest BCUT2D eigenvalue weighted by molar-refractivity contribution is 6.07. The molecule has 0 fully saturated rings. The van der Waals surface area contributed by atoms with Crippen LogP contribution in [0.15, 0.2) is 127 Å². The fourth-order valence-corrected chi connectivity index (χ4v) is 5.36. The van der Waals surface area contributed by atoms with Crippen LogP contribution in [0.3, 0.4) is 0 Å². The Balaban J connectivity index is 1.38. The second-order valence-electron chi connectivity index (χ2n) is 9.96. The predicted octanol–water partition coefficient (Wildman–Crippen LogP) is 7.66. The zero-order valence-electron chi connectivity index (χ0n) is 21.4. The van der Waals surface area contributed by atoms with Crippen molar-refractivity contribution in [1.29, 1.82) is 0 Å². The van der Waals surface area contributed by atoms with Crippen LogP contribution in [0.2, 0.25) is 0 Å². The van der Waals surface area contributed by atoms with Gasteiger partial charge in [0.1, 0.15) is 0 Å². The minimum absolute atomic E-state index is 0.0892. The summed E-state index contributed by atoms with van der Waals surface area (Å²) < 4.78 is 0. The number of fused-ring (bicyclic) bond motifs is 2. The lowest BCUT2D eigenvalue weighted by molar-refractivity contribution is 0.0745. The Labute approximate surface area is 224 Å². The van der Waals surface area contributed by atoms with Gasteiger partial charge in [-0.05, 0) is 76.1 Å². The molecule has 1 aromatic heterocycles. The summed E-state index contributed by atoms with van der Waals surface area (Å²) in [6, 6.07) is 35.5. The molecule has 0 spiro atoms. The number of allylic oxidation sites excluding steroid dienone is 1. The summed E-state index contributed by atoms with van der Waals surface area (Å²) in [7, 11) is 0. The largest absolute Gasteiger partial charge is 0.334 e. The summed E-state index contributed by atoms with van der Waals surface area (Å²) in [6.07, 6.45) is 8.67. The first-order valence-corrected chi connectivity index (χ1v) is 13.3. The highest BCUT2D eigenvalue weighted by Gasteiger charge is 2.22. The molecule has 0 bridgehead atoms. The molecule has 0 N–H and O–H groups in total. The number of nitrogens with zero attached hydrogens (tertiary/aromatic N) is 2. The molecule has 0 radical (unpaired) electrons. The van der Waals surface area contributed by atoms with Gasteiger partial charge in [0, 0.05) is 31.0 Å². The van der Waals surface area contributed by atoms with Crippen LogP contribution >= 0.6 is 0 Å². The van der Waals surface area contributed by atoms with Crippen molar-refractivity contribution < 1.29 is 4.79 Å². The van der Waals surface area contributed by atoms with Crippen molar-refractivity contribution in [2.75, 3.05) is 6.54 Å². The second kappa shape index (κ2) is 10.9. The minimum atomic E-state index is 0.0892. The first-order valence-electron chi connectivity index (χ1n) is 13.3. The fourth-order valence-electron chi connectivity index (χ4n) is 5.36. The van der Waals surface area contributed by atoms with Gasteiger partial charge < -0.3 is 4.90 Å². The quantitative estimate of drug-likeness (QED) is 0.240. The minimum Gasteiger partial charge on any atom is -0.334 e. The maximum Gasteiger partial charge on any atom is 0.254 e. The zero-order chi connectivity index (χ0) is 25.7. The third-order valence-corrected chi connectivity index (χ3v) is 7.45. The summed E-state index contributed by atoms with van der Waals surface area (Å²) in [6.45, 7) is 1.30. The van der Waals surface area contributed by atoms with Crippen LogP contribution in [0.1, 0.15) is 33.5 Å². The Morgan fingerprint density at radius 1 is 0.816 bits per heavy atom. The highest BCUT2D eigenvalue weighted by Crippen LogP contribution is 2.29. The average Bonchev–Trinajstić information content (AvgIpc) is 2.97. The number of aromatic nitrogens is 1. The van der Waals surface area contributed by atoms with Gasteiger partial charge in [-0.15, -0.1) is 0 Å². The van der Waals surface area contributed by atoms with Crippen molar-refractivity contribution in [2.45, 2.75) is 25.8 Å². The lowest BCUT2D eigenvalue weighted by Crippen LogP contribution is -2.33. The van der Waals surface area contributed by atoms with Crippen LogP contribution in [-0.4, -0.2) is 22.3 Å². The van der Waals surface area contributed by atoms with Crippen molar-refractivity contribution in [2.24, 2.45) is 0 Å². The topological polar surface area (TPSA) is 33.2 Å². The first kappa shape index (κ1) is 23.9. The number of benzene rings is 4. The number of carbonyl (C=O) groups excluding carboxylic acids is 1. The molecule has 1 amide bonds. The smallest absolute Gasteiger partial charge is 0.254 e. The second-order valence-corrected chi connectivity index (χ2v) is 9.96. The maximum absolute atomic E-state index is 14.0. The summed E-state index contributed by atoms with van der Waals surface area (Å²) in [5.41, 5.74) is 8.21. The van der Waals surface area contributed by atoms with Crippen LogP contribution in [0, 0.1) is 0 Å². The number of pyridine rings is 1. The summed E-state index contributed by atoms with van der Waals surface area (Å²) in [5.74, 6) is 0.0892. The van der Waals surface area contributed by atoms with Gasteiger partial charge in [-0.3, -0.25) is 9.78 Å². The van der Waals surface area contributed by atoms with E-state index in [1.54, 1.807) is 0 Å². The van der Waals surface area contributed by atoms with Crippen molar-refractivity contribution in [1.82, 2.24) is 9.88 Å². The molecular weight excluding hydrogens is 464 g/mol. The Hall–Kier alpha value is -4.50.